The van der Waals surface area contributed by atoms with E-state index in [-0.39, 0.29) is 11.9 Å². The van der Waals surface area contributed by atoms with Gasteiger partial charge in [0.25, 0.3) is 0 Å². The second kappa shape index (κ2) is 6.19. The van der Waals surface area contributed by atoms with E-state index in [1.54, 1.807) is 5.38 Å². The lowest BCUT2D eigenvalue weighted by Gasteiger charge is -2.14. The highest BCUT2D eigenvalue weighted by Crippen LogP contribution is 2.23. The van der Waals surface area contributed by atoms with Crippen molar-refractivity contribution in [2.24, 2.45) is 5.73 Å². The van der Waals surface area contributed by atoms with Gasteiger partial charge >= 0.3 is 0 Å². The van der Waals surface area contributed by atoms with Crippen molar-refractivity contribution in [3.8, 4) is 0 Å². The summed E-state index contributed by atoms with van der Waals surface area (Å²) in [5, 5.41) is 5.92. The zero-order valence-electron chi connectivity index (χ0n) is 10.5. The standard InChI is InChI=1S/C14H15ClN2OS/c1-9(12-4-2-3-5-13(12)15)17-7-11-6-10(8-19-11)14(16)18/h2-6,8-9,17H,7H2,1H3,(H2,16,18)/t9-/m1/s1. The Bertz CT molecular complexity index is 582. The summed E-state index contributed by atoms with van der Waals surface area (Å²) in [6, 6.07) is 9.73. The zero-order chi connectivity index (χ0) is 13.8. The molecule has 0 aliphatic carbocycles. The maximum atomic E-state index is 11.0. The van der Waals surface area contributed by atoms with E-state index in [1.807, 2.05) is 30.3 Å². The van der Waals surface area contributed by atoms with Gasteiger partial charge in [0.15, 0.2) is 0 Å². The largest absolute Gasteiger partial charge is 0.366 e. The van der Waals surface area contributed by atoms with Crippen molar-refractivity contribution in [3.63, 3.8) is 0 Å². The first-order chi connectivity index (χ1) is 9.08. The fraction of sp³-hybridized carbons (Fsp3) is 0.214. The summed E-state index contributed by atoms with van der Waals surface area (Å²) < 4.78 is 0. The van der Waals surface area contributed by atoms with Crippen molar-refractivity contribution in [1.82, 2.24) is 5.32 Å². The van der Waals surface area contributed by atoms with Gasteiger partial charge in [0.05, 0.1) is 5.56 Å². The summed E-state index contributed by atoms with van der Waals surface area (Å²) in [5.41, 5.74) is 6.85. The molecule has 5 heteroatoms. The van der Waals surface area contributed by atoms with Crippen LogP contribution in [-0.4, -0.2) is 5.91 Å². The first kappa shape index (κ1) is 14.1. The van der Waals surface area contributed by atoms with Crippen LogP contribution >= 0.6 is 22.9 Å². The molecule has 1 heterocycles. The lowest BCUT2D eigenvalue weighted by atomic mass is 10.1. The Hall–Kier alpha value is -1.36. The summed E-state index contributed by atoms with van der Waals surface area (Å²) in [5.74, 6) is -0.387. The second-order valence-electron chi connectivity index (χ2n) is 4.29. The molecule has 1 aromatic heterocycles. The van der Waals surface area contributed by atoms with Crippen molar-refractivity contribution >= 4 is 28.8 Å². The van der Waals surface area contributed by atoms with E-state index < -0.39 is 0 Å². The van der Waals surface area contributed by atoms with Crippen LogP contribution in [0, 0.1) is 0 Å². The average molecular weight is 295 g/mol. The van der Waals surface area contributed by atoms with E-state index in [1.165, 1.54) is 11.3 Å². The number of nitrogens with one attached hydrogen (secondary N) is 1. The number of hydrogen-bond donors (Lipinski definition) is 2. The van der Waals surface area contributed by atoms with Crippen LogP contribution in [0.25, 0.3) is 0 Å². The predicted octanol–water partition coefficient (Wildman–Crippen LogP) is 3.35. The zero-order valence-corrected chi connectivity index (χ0v) is 12.1. The number of amides is 1. The van der Waals surface area contributed by atoms with Crippen LogP contribution in [0.4, 0.5) is 0 Å². The van der Waals surface area contributed by atoms with Gasteiger partial charge in [0.1, 0.15) is 0 Å². The van der Waals surface area contributed by atoms with Crippen LogP contribution in [0.3, 0.4) is 0 Å². The SMILES string of the molecule is C[C@@H](NCc1cc(C(N)=O)cs1)c1ccccc1Cl. The first-order valence-electron chi connectivity index (χ1n) is 5.93. The van der Waals surface area contributed by atoms with Crippen LogP contribution in [0.15, 0.2) is 35.7 Å². The molecule has 0 radical (unpaired) electrons. The molecule has 0 bridgehead atoms. The minimum absolute atomic E-state index is 0.146. The minimum Gasteiger partial charge on any atom is -0.366 e. The lowest BCUT2D eigenvalue weighted by molar-refractivity contribution is 0.100. The molecule has 0 aliphatic rings. The molecule has 2 rings (SSSR count). The molecule has 19 heavy (non-hydrogen) atoms. The Morgan fingerprint density at radius 3 is 2.84 bits per heavy atom. The molecule has 0 unspecified atom stereocenters. The highest BCUT2D eigenvalue weighted by Gasteiger charge is 2.10. The molecule has 1 aromatic carbocycles. The summed E-state index contributed by atoms with van der Waals surface area (Å²) in [6.07, 6.45) is 0. The van der Waals surface area contributed by atoms with Gasteiger partial charge in [-0.2, -0.15) is 0 Å². The summed E-state index contributed by atoms with van der Waals surface area (Å²) in [7, 11) is 0. The van der Waals surface area contributed by atoms with Gasteiger partial charge in [-0.15, -0.1) is 11.3 Å². The normalized spacial score (nSPS) is 12.3. The fourth-order valence-electron chi connectivity index (χ4n) is 1.79. The van der Waals surface area contributed by atoms with E-state index >= 15 is 0 Å². The third kappa shape index (κ3) is 3.56. The molecule has 0 spiro atoms. The Balaban J connectivity index is 1.98. The number of nitrogens with two attached hydrogens (primary N) is 1. The van der Waals surface area contributed by atoms with Crippen molar-refractivity contribution in [2.75, 3.05) is 0 Å². The maximum Gasteiger partial charge on any atom is 0.249 e. The number of halogens is 1. The number of carbonyl (C=O) groups excluding carboxylic acids is 1. The van der Waals surface area contributed by atoms with E-state index in [4.69, 9.17) is 17.3 Å². The average Bonchev–Trinajstić information content (AvgIpc) is 2.85. The molecular formula is C14H15ClN2OS. The number of thiophene rings is 1. The molecule has 0 aliphatic heterocycles. The van der Waals surface area contributed by atoms with Crippen LogP contribution in [0.1, 0.15) is 33.8 Å². The number of rotatable bonds is 5. The lowest BCUT2D eigenvalue weighted by Crippen LogP contribution is -2.17. The highest BCUT2D eigenvalue weighted by atomic mass is 35.5. The van der Waals surface area contributed by atoms with E-state index in [0.29, 0.717) is 12.1 Å². The third-order valence-corrected chi connectivity index (χ3v) is 4.17. The van der Waals surface area contributed by atoms with E-state index in [0.717, 1.165) is 15.5 Å². The molecule has 0 saturated heterocycles. The quantitative estimate of drug-likeness (QED) is 0.888. The van der Waals surface area contributed by atoms with E-state index in [9.17, 15) is 4.79 Å². The van der Waals surface area contributed by atoms with Gasteiger partial charge < -0.3 is 11.1 Å². The monoisotopic (exact) mass is 294 g/mol. The van der Waals surface area contributed by atoms with Crippen molar-refractivity contribution in [3.05, 3.63) is 56.7 Å². The van der Waals surface area contributed by atoms with Crippen LogP contribution in [0.5, 0.6) is 0 Å². The topological polar surface area (TPSA) is 55.1 Å². The van der Waals surface area contributed by atoms with Gasteiger partial charge in [0.2, 0.25) is 5.91 Å². The van der Waals surface area contributed by atoms with Crippen molar-refractivity contribution in [2.45, 2.75) is 19.5 Å². The Morgan fingerprint density at radius 1 is 1.47 bits per heavy atom. The summed E-state index contributed by atoms with van der Waals surface area (Å²) >= 11 is 7.67. The molecule has 100 valence electrons. The fourth-order valence-corrected chi connectivity index (χ4v) is 2.92. The minimum atomic E-state index is -0.387. The van der Waals surface area contributed by atoms with Gasteiger partial charge in [-0.3, -0.25) is 4.79 Å². The first-order valence-corrected chi connectivity index (χ1v) is 7.18. The summed E-state index contributed by atoms with van der Waals surface area (Å²) in [6.45, 7) is 2.74. The molecule has 0 fully saturated rings. The van der Waals surface area contributed by atoms with Crippen LogP contribution in [-0.2, 0) is 6.54 Å². The number of primary amides is 1. The predicted molar refractivity (Wildman–Crippen MR) is 79.5 cm³/mol. The number of benzene rings is 1. The number of hydrogen-bond acceptors (Lipinski definition) is 3. The Morgan fingerprint density at radius 2 is 2.21 bits per heavy atom. The Kier molecular flexibility index (Phi) is 4.58. The molecule has 1 amide bonds. The molecular weight excluding hydrogens is 280 g/mol. The van der Waals surface area contributed by atoms with Crippen molar-refractivity contribution < 1.29 is 4.79 Å². The molecule has 2 aromatic rings. The van der Waals surface area contributed by atoms with Gasteiger partial charge in [-0.05, 0) is 24.6 Å². The van der Waals surface area contributed by atoms with Gasteiger partial charge in [0, 0.05) is 27.9 Å². The molecule has 1 atom stereocenters. The molecule has 0 saturated carbocycles. The second-order valence-corrected chi connectivity index (χ2v) is 5.69. The maximum absolute atomic E-state index is 11.0. The highest BCUT2D eigenvalue weighted by molar-refractivity contribution is 7.10. The van der Waals surface area contributed by atoms with Crippen molar-refractivity contribution in [1.29, 1.82) is 0 Å². The number of carbonyl (C=O) groups is 1. The third-order valence-electron chi connectivity index (χ3n) is 2.89. The van der Waals surface area contributed by atoms with E-state index in [2.05, 4.69) is 12.2 Å². The molecule has 3 N–H and O–H groups in total. The van der Waals surface area contributed by atoms with Gasteiger partial charge in [-0.25, -0.2) is 0 Å². The van der Waals surface area contributed by atoms with Gasteiger partial charge in [-0.1, -0.05) is 29.8 Å². The van der Waals surface area contributed by atoms with Crippen LogP contribution in [0.2, 0.25) is 5.02 Å². The Labute approximate surface area is 121 Å². The van der Waals surface area contributed by atoms with Crippen LogP contribution < -0.4 is 11.1 Å². The summed E-state index contributed by atoms with van der Waals surface area (Å²) in [4.78, 5) is 12.1. The smallest absolute Gasteiger partial charge is 0.249 e. The molecule has 3 nitrogen and oxygen atoms in total.